The lowest BCUT2D eigenvalue weighted by Crippen LogP contribution is -2.22. The van der Waals surface area contributed by atoms with Crippen LogP contribution in [0, 0.1) is 0 Å². The van der Waals surface area contributed by atoms with Crippen LogP contribution in [0.1, 0.15) is 90.9 Å². The highest BCUT2D eigenvalue weighted by molar-refractivity contribution is 6.22. The van der Waals surface area contributed by atoms with Crippen LogP contribution in [-0.2, 0) is 9.59 Å². The molecular weight excluding hydrogens is 328 g/mol. The Morgan fingerprint density at radius 1 is 0.731 bits per heavy atom. The lowest BCUT2D eigenvalue weighted by Gasteiger charge is -2.15. The van der Waals surface area contributed by atoms with Gasteiger partial charge >= 0.3 is 0 Å². The molecule has 1 aliphatic carbocycles. The van der Waals surface area contributed by atoms with Gasteiger partial charge in [-0.05, 0) is 39.0 Å². The van der Waals surface area contributed by atoms with E-state index < -0.39 is 23.1 Å². The molecule has 0 spiro atoms. The van der Waals surface area contributed by atoms with E-state index in [0.29, 0.717) is 6.42 Å². The van der Waals surface area contributed by atoms with Gasteiger partial charge in [-0.3, -0.25) is 9.59 Å². The zero-order valence-corrected chi connectivity index (χ0v) is 16.4. The Labute approximate surface area is 157 Å². The van der Waals surface area contributed by atoms with Crippen LogP contribution in [0.25, 0.3) is 0 Å². The summed E-state index contributed by atoms with van der Waals surface area (Å²) in [5, 5.41) is 19.5. The third-order valence-corrected chi connectivity index (χ3v) is 4.87. The van der Waals surface area contributed by atoms with Crippen molar-refractivity contribution in [3.8, 4) is 0 Å². The molecule has 0 atom stereocenters. The number of aliphatic hydroxyl groups is 2. The number of carbonyl (C=O) groups excluding carboxylic acids is 2. The number of carbonyl (C=O) groups is 2. The SMILES string of the molecule is CCCC/C=C\CCCCCCCCCC1=C(O)C(=O)C(C)=C(O)C1=O. The van der Waals surface area contributed by atoms with Crippen LogP contribution in [0.2, 0.25) is 0 Å². The molecule has 0 heterocycles. The van der Waals surface area contributed by atoms with E-state index in [1.54, 1.807) is 0 Å². The Balaban J connectivity index is 2.10. The van der Waals surface area contributed by atoms with Gasteiger partial charge in [-0.15, -0.1) is 0 Å². The van der Waals surface area contributed by atoms with E-state index >= 15 is 0 Å². The minimum absolute atomic E-state index is 0.0629. The third kappa shape index (κ3) is 7.19. The van der Waals surface area contributed by atoms with Crippen molar-refractivity contribution in [2.24, 2.45) is 0 Å². The standard InChI is InChI=1S/C22H34O4/c1-3-4-5-6-7-8-9-10-11-12-13-14-15-16-18-21(25)19(23)17(2)20(24)22(18)26/h6-7,23,26H,3-5,8-16H2,1-2H3/b7-6-. The molecule has 0 aliphatic heterocycles. The van der Waals surface area contributed by atoms with Crippen LogP contribution in [0.15, 0.2) is 34.8 Å². The molecule has 0 fully saturated rings. The Morgan fingerprint density at radius 3 is 1.88 bits per heavy atom. The Kier molecular flexibility index (Phi) is 10.7. The number of rotatable bonds is 13. The van der Waals surface area contributed by atoms with Crippen molar-refractivity contribution < 1.29 is 19.8 Å². The van der Waals surface area contributed by atoms with Crippen LogP contribution in [0.3, 0.4) is 0 Å². The van der Waals surface area contributed by atoms with Gasteiger partial charge in [0, 0.05) is 11.1 Å². The van der Waals surface area contributed by atoms with Gasteiger partial charge in [0.1, 0.15) is 0 Å². The average molecular weight is 363 g/mol. The van der Waals surface area contributed by atoms with Crippen molar-refractivity contribution in [2.75, 3.05) is 0 Å². The summed E-state index contributed by atoms with van der Waals surface area (Å²) in [7, 11) is 0. The van der Waals surface area contributed by atoms with Gasteiger partial charge in [0.05, 0.1) is 0 Å². The maximum Gasteiger partial charge on any atom is 0.227 e. The number of hydrogen-bond acceptors (Lipinski definition) is 4. The first-order valence-corrected chi connectivity index (χ1v) is 10.1. The molecule has 0 radical (unpaired) electrons. The minimum Gasteiger partial charge on any atom is -0.504 e. The van der Waals surface area contributed by atoms with Gasteiger partial charge in [0.25, 0.3) is 0 Å². The van der Waals surface area contributed by atoms with Crippen molar-refractivity contribution in [2.45, 2.75) is 90.9 Å². The van der Waals surface area contributed by atoms with Gasteiger partial charge in [-0.2, -0.15) is 0 Å². The smallest absolute Gasteiger partial charge is 0.227 e. The lowest BCUT2D eigenvalue weighted by atomic mass is 9.91. The first-order chi connectivity index (χ1) is 12.5. The summed E-state index contributed by atoms with van der Waals surface area (Å²) in [6, 6.07) is 0. The molecule has 0 amide bonds. The number of aliphatic hydroxyl groups excluding tert-OH is 2. The topological polar surface area (TPSA) is 74.6 Å². The zero-order valence-electron chi connectivity index (χ0n) is 16.4. The number of hydrogen-bond donors (Lipinski definition) is 2. The maximum atomic E-state index is 12.0. The summed E-state index contributed by atoms with van der Waals surface area (Å²) < 4.78 is 0. The third-order valence-electron chi connectivity index (χ3n) is 4.87. The van der Waals surface area contributed by atoms with Gasteiger partial charge in [-0.1, -0.05) is 64.0 Å². The fourth-order valence-electron chi connectivity index (χ4n) is 3.08. The molecule has 0 unspecified atom stereocenters. The predicted octanol–water partition coefficient (Wildman–Crippen LogP) is 6.04. The largest absolute Gasteiger partial charge is 0.504 e. The molecule has 1 rings (SSSR count). The van der Waals surface area contributed by atoms with Gasteiger partial charge < -0.3 is 10.2 Å². The van der Waals surface area contributed by atoms with Crippen molar-refractivity contribution in [1.82, 2.24) is 0 Å². The van der Waals surface area contributed by atoms with E-state index in [2.05, 4.69) is 19.1 Å². The first-order valence-electron chi connectivity index (χ1n) is 10.1. The van der Waals surface area contributed by atoms with Crippen LogP contribution in [-0.4, -0.2) is 21.8 Å². The predicted molar refractivity (Wildman–Crippen MR) is 105 cm³/mol. The van der Waals surface area contributed by atoms with Crippen molar-refractivity contribution in [3.05, 3.63) is 34.8 Å². The van der Waals surface area contributed by atoms with Crippen LogP contribution >= 0.6 is 0 Å². The van der Waals surface area contributed by atoms with Crippen molar-refractivity contribution >= 4 is 11.6 Å². The molecule has 4 heteroatoms. The van der Waals surface area contributed by atoms with Gasteiger partial charge in [0.15, 0.2) is 11.5 Å². The molecule has 0 aromatic carbocycles. The molecule has 0 saturated heterocycles. The summed E-state index contributed by atoms with van der Waals surface area (Å²) in [6.45, 7) is 3.56. The van der Waals surface area contributed by atoms with Crippen LogP contribution in [0.5, 0.6) is 0 Å². The first kappa shape index (κ1) is 22.2. The van der Waals surface area contributed by atoms with Crippen LogP contribution in [0.4, 0.5) is 0 Å². The summed E-state index contributed by atoms with van der Waals surface area (Å²) in [5.41, 5.74) is -0.00980. The van der Waals surface area contributed by atoms with E-state index in [9.17, 15) is 19.8 Å². The summed E-state index contributed by atoms with van der Waals surface area (Å²) >= 11 is 0. The monoisotopic (exact) mass is 362 g/mol. The molecule has 0 aromatic heterocycles. The number of ketones is 2. The average Bonchev–Trinajstić information content (AvgIpc) is 2.64. The number of allylic oxidation sites excluding steroid dienone is 4. The van der Waals surface area contributed by atoms with Crippen LogP contribution < -0.4 is 0 Å². The summed E-state index contributed by atoms with van der Waals surface area (Å²) in [5.74, 6) is -2.25. The zero-order chi connectivity index (χ0) is 19.4. The quantitative estimate of drug-likeness (QED) is 0.238. The fraction of sp³-hybridized carbons (Fsp3) is 0.636. The van der Waals surface area contributed by atoms with E-state index in [-0.39, 0.29) is 11.1 Å². The normalized spacial score (nSPS) is 15.6. The second-order valence-corrected chi connectivity index (χ2v) is 7.09. The second kappa shape index (κ2) is 12.5. The molecule has 4 nitrogen and oxygen atoms in total. The van der Waals surface area contributed by atoms with E-state index in [1.807, 2.05) is 0 Å². The second-order valence-electron chi connectivity index (χ2n) is 7.09. The van der Waals surface area contributed by atoms with Crippen molar-refractivity contribution in [1.29, 1.82) is 0 Å². The molecule has 0 saturated carbocycles. The molecule has 0 bridgehead atoms. The summed E-state index contributed by atoms with van der Waals surface area (Å²) in [6.07, 6.45) is 17.5. The number of unbranched alkanes of at least 4 members (excludes halogenated alkanes) is 9. The van der Waals surface area contributed by atoms with E-state index in [4.69, 9.17) is 0 Å². The minimum atomic E-state index is -0.638. The van der Waals surface area contributed by atoms with E-state index in [1.165, 1.54) is 58.3 Å². The van der Waals surface area contributed by atoms with Gasteiger partial charge in [0.2, 0.25) is 11.6 Å². The Hall–Kier alpha value is -1.84. The Morgan fingerprint density at radius 2 is 1.27 bits per heavy atom. The number of Topliss-reactive ketones (excluding diaryl/α,β-unsaturated/α-hetero) is 2. The lowest BCUT2D eigenvalue weighted by molar-refractivity contribution is -0.120. The fourth-order valence-corrected chi connectivity index (χ4v) is 3.08. The molecule has 1 aliphatic rings. The highest BCUT2D eigenvalue weighted by Crippen LogP contribution is 2.25. The highest BCUT2D eigenvalue weighted by Gasteiger charge is 2.31. The molecular formula is C22H34O4. The maximum absolute atomic E-state index is 12.0. The molecule has 2 N–H and O–H groups in total. The Bertz CT molecular complexity index is 567. The van der Waals surface area contributed by atoms with E-state index in [0.717, 1.165) is 19.3 Å². The van der Waals surface area contributed by atoms with Crippen molar-refractivity contribution in [3.63, 3.8) is 0 Å². The highest BCUT2D eigenvalue weighted by atomic mass is 16.3. The molecule has 26 heavy (non-hydrogen) atoms. The molecule has 146 valence electrons. The summed E-state index contributed by atoms with van der Waals surface area (Å²) in [4.78, 5) is 23.7. The van der Waals surface area contributed by atoms with Gasteiger partial charge in [-0.25, -0.2) is 0 Å². The molecule has 0 aromatic rings.